The molecule has 0 amide bonds. The van der Waals surface area contributed by atoms with Crippen molar-refractivity contribution in [1.29, 1.82) is 0 Å². The van der Waals surface area contributed by atoms with Gasteiger partial charge >= 0.3 is 0 Å². The van der Waals surface area contributed by atoms with E-state index in [-0.39, 0.29) is 0 Å². The van der Waals surface area contributed by atoms with Gasteiger partial charge in [0, 0.05) is 12.6 Å². The maximum Gasteiger partial charge on any atom is 0.182 e. The second-order valence-corrected chi connectivity index (χ2v) is 4.33. The molecule has 0 aromatic carbocycles. The summed E-state index contributed by atoms with van der Waals surface area (Å²) in [6.07, 6.45) is 6.88. The fraction of sp³-hybridized carbons (Fsp3) is 0.545. The Bertz CT molecular complexity index is 487. The van der Waals surface area contributed by atoms with Crippen LogP contribution >= 0.6 is 0 Å². The minimum atomic E-state index is 0.654. The van der Waals surface area contributed by atoms with E-state index >= 15 is 0 Å². The second-order valence-electron chi connectivity index (χ2n) is 4.33. The van der Waals surface area contributed by atoms with Crippen molar-refractivity contribution in [3.8, 4) is 0 Å². The lowest BCUT2D eigenvalue weighted by Gasteiger charge is -2.11. The highest BCUT2D eigenvalue weighted by molar-refractivity contribution is 5.81. The molecule has 1 aliphatic heterocycles. The Morgan fingerprint density at radius 1 is 1.35 bits per heavy atom. The first-order valence-corrected chi connectivity index (χ1v) is 6.05. The molecule has 90 valence electrons. The number of hydrogen-bond donors (Lipinski definition) is 3. The predicted molar refractivity (Wildman–Crippen MR) is 65.8 cm³/mol. The van der Waals surface area contributed by atoms with Crippen LogP contribution in [-0.2, 0) is 0 Å². The first-order valence-electron chi connectivity index (χ1n) is 6.05. The number of aromatic amines is 1. The number of imidazole rings is 1. The smallest absolute Gasteiger partial charge is 0.182 e. The summed E-state index contributed by atoms with van der Waals surface area (Å²) in [5.74, 6) is 0.838. The molecule has 3 rings (SSSR count). The van der Waals surface area contributed by atoms with Crippen molar-refractivity contribution in [3.05, 3.63) is 12.7 Å². The van der Waals surface area contributed by atoms with Crippen LogP contribution < -0.4 is 10.6 Å². The Kier molecular flexibility index (Phi) is 2.87. The van der Waals surface area contributed by atoms with Crippen LogP contribution in [-0.4, -0.2) is 39.1 Å². The summed E-state index contributed by atoms with van der Waals surface area (Å²) < 4.78 is 0. The van der Waals surface area contributed by atoms with E-state index < -0.39 is 0 Å². The Morgan fingerprint density at radius 3 is 3.24 bits per heavy atom. The van der Waals surface area contributed by atoms with Gasteiger partial charge in [-0.05, 0) is 25.8 Å². The van der Waals surface area contributed by atoms with Gasteiger partial charge in [-0.25, -0.2) is 15.0 Å². The Labute approximate surface area is 99.3 Å². The molecule has 1 atom stereocenters. The molecule has 3 N–H and O–H groups in total. The first kappa shape index (κ1) is 10.5. The molecule has 0 spiro atoms. The zero-order valence-corrected chi connectivity index (χ0v) is 9.61. The van der Waals surface area contributed by atoms with E-state index in [0.717, 1.165) is 30.8 Å². The average molecular weight is 232 g/mol. The number of nitrogens with one attached hydrogen (secondary N) is 3. The van der Waals surface area contributed by atoms with Gasteiger partial charge in [0.2, 0.25) is 0 Å². The summed E-state index contributed by atoms with van der Waals surface area (Å²) >= 11 is 0. The summed E-state index contributed by atoms with van der Waals surface area (Å²) in [7, 11) is 0. The van der Waals surface area contributed by atoms with Crippen molar-refractivity contribution in [2.75, 3.05) is 18.4 Å². The number of nitrogens with zero attached hydrogens (tertiary/aromatic N) is 3. The van der Waals surface area contributed by atoms with Gasteiger partial charge in [0.1, 0.15) is 11.8 Å². The molecule has 0 bridgehead atoms. The van der Waals surface area contributed by atoms with Gasteiger partial charge < -0.3 is 15.6 Å². The van der Waals surface area contributed by atoms with E-state index in [1.165, 1.54) is 12.8 Å². The van der Waals surface area contributed by atoms with E-state index in [4.69, 9.17) is 0 Å². The highest BCUT2D eigenvalue weighted by Crippen LogP contribution is 2.15. The third-order valence-corrected chi connectivity index (χ3v) is 3.17. The molecule has 6 nitrogen and oxygen atoms in total. The molecular formula is C11H16N6. The number of anilines is 1. The van der Waals surface area contributed by atoms with E-state index in [1.807, 2.05) is 0 Å². The summed E-state index contributed by atoms with van der Waals surface area (Å²) in [6.45, 7) is 2.08. The molecule has 0 saturated carbocycles. The fourth-order valence-electron chi connectivity index (χ4n) is 2.27. The van der Waals surface area contributed by atoms with Gasteiger partial charge in [-0.3, -0.25) is 0 Å². The molecule has 0 aliphatic carbocycles. The normalized spacial score (nSPS) is 19.9. The van der Waals surface area contributed by atoms with Crippen LogP contribution in [0.3, 0.4) is 0 Å². The summed E-state index contributed by atoms with van der Waals surface area (Å²) in [5, 5.41) is 6.82. The summed E-state index contributed by atoms with van der Waals surface area (Å²) in [6, 6.07) is 0.654. The standard InChI is InChI=1S/C11H16N6/c1-2-8(12-4-1)3-5-13-10-9-11(15-6-14-9)17-7-16-10/h6-8,12H,1-5H2,(H2,13,14,15,16,17)/t8-/m0/s1. The third-order valence-electron chi connectivity index (χ3n) is 3.17. The summed E-state index contributed by atoms with van der Waals surface area (Å²) in [4.78, 5) is 15.5. The van der Waals surface area contributed by atoms with Crippen molar-refractivity contribution < 1.29 is 0 Å². The van der Waals surface area contributed by atoms with Crippen molar-refractivity contribution in [2.45, 2.75) is 25.3 Å². The van der Waals surface area contributed by atoms with Crippen LogP contribution in [0.4, 0.5) is 5.82 Å². The molecule has 1 fully saturated rings. The zero-order valence-electron chi connectivity index (χ0n) is 9.61. The lowest BCUT2D eigenvalue weighted by atomic mass is 10.1. The van der Waals surface area contributed by atoms with Crippen LogP contribution in [0.2, 0.25) is 0 Å². The minimum absolute atomic E-state index is 0.654. The highest BCUT2D eigenvalue weighted by atomic mass is 15.1. The molecule has 2 aromatic heterocycles. The van der Waals surface area contributed by atoms with Gasteiger partial charge in [0.25, 0.3) is 0 Å². The molecule has 3 heterocycles. The fourth-order valence-corrected chi connectivity index (χ4v) is 2.27. The SMILES string of the molecule is c1nc(NCC[C@@H]2CCCN2)c2[nH]cnc2n1. The van der Waals surface area contributed by atoms with Crippen LogP contribution in [0.25, 0.3) is 11.2 Å². The van der Waals surface area contributed by atoms with Gasteiger partial charge in [0.05, 0.1) is 6.33 Å². The van der Waals surface area contributed by atoms with Crippen molar-refractivity contribution in [3.63, 3.8) is 0 Å². The maximum absolute atomic E-state index is 4.23. The quantitative estimate of drug-likeness (QED) is 0.730. The first-order chi connectivity index (χ1) is 8.43. The van der Waals surface area contributed by atoms with Gasteiger partial charge in [-0.15, -0.1) is 0 Å². The molecule has 2 aromatic rings. The number of aromatic nitrogens is 4. The molecule has 0 radical (unpaired) electrons. The lowest BCUT2D eigenvalue weighted by molar-refractivity contribution is 0.574. The van der Waals surface area contributed by atoms with Gasteiger partial charge in [0.15, 0.2) is 11.5 Å². The molecule has 6 heteroatoms. The van der Waals surface area contributed by atoms with E-state index in [2.05, 4.69) is 30.6 Å². The largest absolute Gasteiger partial charge is 0.368 e. The van der Waals surface area contributed by atoms with E-state index in [1.54, 1.807) is 12.7 Å². The van der Waals surface area contributed by atoms with E-state index in [0.29, 0.717) is 11.7 Å². The molecule has 0 unspecified atom stereocenters. The molecule has 1 aliphatic rings. The van der Waals surface area contributed by atoms with Crippen molar-refractivity contribution >= 4 is 17.0 Å². The summed E-state index contributed by atoms with van der Waals surface area (Å²) in [5.41, 5.74) is 1.59. The van der Waals surface area contributed by atoms with Crippen LogP contribution in [0, 0.1) is 0 Å². The monoisotopic (exact) mass is 232 g/mol. The van der Waals surface area contributed by atoms with Gasteiger partial charge in [-0.1, -0.05) is 0 Å². The maximum atomic E-state index is 4.23. The number of H-pyrrole nitrogens is 1. The Morgan fingerprint density at radius 2 is 2.35 bits per heavy atom. The lowest BCUT2D eigenvalue weighted by Crippen LogP contribution is -2.24. The molecule has 1 saturated heterocycles. The third kappa shape index (κ3) is 2.21. The van der Waals surface area contributed by atoms with Crippen LogP contribution in [0.15, 0.2) is 12.7 Å². The number of hydrogen-bond acceptors (Lipinski definition) is 5. The minimum Gasteiger partial charge on any atom is -0.368 e. The van der Waals surface area contributed by atoms with Crippen LogP contribution in [0.1, 0.15) is 19.3 Å². The van der Waals surface area contributed by atoms with Gasteiger partial charge in [-0.2, -0.15) is 0 Å². The second kappa shape index (κ2) is 4.67. The Hall–Kier alpha value is -1.69. The Balaban J connectivity index is 1.62. The van der Waals surface area contributed by atoms with Crippen LogP contribution in [0.5, 0.6) is 0 Å². The average Bonchev–Trinajstić information content (AvgIpc) is 2.99. The predicted octanol–water partition coefficient (Wildman–Crippen LogP) is 0.907. The number of rotatable bonds is 4. The topological polar surface area (TPSA) is 78.5 Å². The van der Waals surface area contributed by atoms with E-state index in [9.17, 15) is 0 Å². The molecule has 17 heavy (non-hydrogen) atoms. The van der Waals surface area contributed by atoms with Crippen molar-refractivity contribution in [1.82, 2.24) is 25.3 Å². The van der Waals surface area contributed by atoms with Crippen molar-refractivity contribution in [2.24, 2.45) is 0 Å². The molecular weight excluding hydrogens is 216 g/mol. The number of fused-ring (bicyclic) bond motifs is 1. The highest BCUT2D eigenvalue weighted by Gasteiger charge is 2.13. The zero-order chi connectivity index (χ0) is 11.5.